The Morgan fingerprint density at radius 1 is 1.00 bits per heavy atom. The first kappa shape index (κ1) is 33.8. The molecule has 0 aliphatic carbocycles. The van der Waals surface area contributed by atoms with Gasteiger partial charge < -0.3 is 24.8 Å². The molecule has 1 fully saturated rings. The minimum atomic E-state index is -0.956. The van der Waals surface area contributed by atoms with Crippen molar-refractivity contribution in [3.05, 3.63) is 94.8 Å². The number of ether oxygens (including phenoxy) is 2. The summed E-state index contributed by atoms with van der Waals surface area (Å²) in [6, 6.07) is 20.4. The first-order valence-electron chi connectivity index (χ1n) is 15.1. The topological polar surface area (TPSA) is 105 Å². The number of piperidine rings is 1. The van der Waals surface area contributed by atoms with Crippen LogP contribution in [0.1, 0.15) is 51.2 Å². The van der Waals surface area contributed by atoms with Gasteiger partial charge in [0.25, 0.3) is 0 Å². The average molecular weight is 639 g/mol. The zero-order chi connectivity index (χ0) is 32.6. The maximum atomic E-state index is 14.4. The van der Waals surface area contributed by atoms with E-state index in [2.05, 4.69) is 5.32 Å². The van der Waals surface area contributed by atoms with Crippen LogP contribution >= 0.6 is 11.6 Å². The Hall–Kier alpha value is -4.11. The fraction of sp³-hybridized carbons (Fsp3) is 0.400. The van der Waals surface area contributed by atoms with Crippen LogP contribution in [0.2, 0.25) is 5.02 Å². The van der Waals surface area contributed by atoms with Crippen molar-refractivity contribution in [3.8, 4) is 11.1 Å². The third-order valence-corrected chi connectivity index (χ3v) is 8.06. The number of carboxylic acids is 1. The largest absolute Gasteiger partial charge is 0.481 e. The summed E-state index contributed by atoms with van der Waals surface area (Å²) in [5.74, 6) is -2.30. The van der Waals surface area contributed by atoms with Gasteiger partial charge in [-0.15, -0.1) is 0 Å². The van der Waals surface area contributed by atoms with Crippen molar-refractivity contribution in [2.24, 2.45) is 11.8 Å². The van der Waals surface area contributed by atoms with Crippen molar-refractivity contribution in [2.45, 2.75) is 64.7 Å². The number of hydrogen-bond acceptors (Lipinski definition) is 5. The lowest BCUT2D eigenvalue weighted by Crippen LogP contribution is -2.45. The second-order valence-corrected chi connectivity index (χ2v) is 12.8. The molecule has 1 aliphatic heterocycles. The maximum Gasteiger partial charge on any atom is 0.410 e. The lowest BCUT2D eigenvalue weighted by atomic mass is 9.80. The molecule has 0 saturated carbocycles. The lowest BCUT2D eigenvalue weighted by molar-refractivity contribution is -0.145. The third kappa shape index (κ3) is 10.2. The van der Waals surface area contributed by atoms with Crippen molar-refractivity contribution < 1.29 is 33.4 Å². The molecule has 3 aromatic rings. The summed E-state index contributed by atoms with van der Waals surface area (Å²) >= 11 is 6.07. The molecule has 2 atom stereocenters. The molecular formula is C35H40ClFN2O6. The predicted molar refractivity (Wildman–Crippen MR) is 170 cm³/mol. The van der Waals surface area contributed by atoms with E-state index in [1.165, 1.54) is 12.1 Å². The summed E-state index contributed by atoms with van der Waals surface area (Å²) in [5.41, 5.74) is 2.02. The molecule has 3 aromatic carbocycles. The van der Waals surface area contributed by atoms with E-state index < -0.39 is 41.5 Å². The molecule has 240 valence electrons. The highest BCUT2D eigenvalue weighted by Crippen LogP contribution is 2.31. The van der Waals surface area contributed by atoms with Crippen molar-refractivity contribution in [1.29, 1.82) is 0 Å². The molecule has 0 aromatic heterocycles. The smallest absolute Gasteiger partial charge is 0.410 e. The highest BCUT2D eigenvalue weighted by Gasteiger charge is 2.35. The van der Waals surface area contributed by atoms with E-state index in [0.29, 0.717) is 48.5 Å². The van der Waals surface area contributed by atoms with Gasteiger partial charge in [0.15, 0.2) is 0 Å². The van der Waals surface area contributed by atoms with E-state index in [1.54, 1.807) is 43.9 Å². The van der Waals surface area contributed by atoms with Crippen LogP contribution in [0.3, 0.4) is 0 Å². The number of amides is 2. The van der Waals surface area contributed by atoms with Gasteiger partial charge in [0.1, 0.15) is 18.0 Å². The minimum absolute atomic E-state index is 0.169. The molecule has 45 heavy (non-hydrogen) atoms. The summed E-state index contributed by atoms with van der Waals surface area (Å²) in [6.07, 6.45) is 0.446. The number of carbonyl (C=O) groups excluding carboxylic acids is 2. The van der Waals surface area contributed by atoms with Crippen molar-refractivity contribution in [3.63, 3.8) is 0 Å². The zero-order valence-corrected chi connectivity index (χ0v) is 26.6. The molecular weight excluding hydrogens is 599 g/mol. The highest BCUT2D eigenvalue weighted by atomic mass is 35.5. The SMILES string of the molecule is CC(C)(C)OC(=O)N[C@H](Cc1ccc(-c2cc(Cl)ccc2F)cc1)CC(C(=O)O)C1CCN(C(=O)OCc2ccccc2)CC1. The molecule has 0 bridgehead atoms. The lowest BCUT2D eigenvalue weighted by Gasteiger charge is -2.35. The maximum absolute atomic E-state index is 14.4. The Morgan fingerprint density at radius 2 is 1.67 bits per heavy atom. The van der Waals surface area contributed by atoms with Crippen molar-refractivity contribution in [1.82, 2.24) is 10.2 Å². The molecule has 10 heteroatoms. The molecule has 0 spiro atoms. The van der Waals surface area contributed by atoms with Gasteiger partial charge in [0.2, 0.25) is 0 Å². The fourth-order valence-corrected chi connectivity index (χ4v) is 5.76. The van der Waals surface area contributed by atoms with Gasteiger partial charge in [-0.3, -0.25) is 4.79 Å². The van der Waals surface area contributed by atoms with Crippen LogP contribution in [0.5, 0.6) is 0 Å². The number of halogens is 2. The Balaban J connectivity index is 1.42. The number of aliphatic carboxylic acids is 1. The summed E-state index contributed by atoms with van der Waals surface area (Å²) in [7, 11) is 0. The molecule has 1 aliphatic rings. The van der Waals surface area contributed by atoms with Gasteiger partial charge in [0.05, 0.1) is 5.92 Å². The van der Waals surface area contributed by atoms with E-state index >= 15 is 0 Å². The number of hydrogen-bond donors (Lipinski definition) is 2. The van der Waals surface area contributed by atoms with Gasteiger partial charge in [-0.1, -0.05) is 66.2 Å². The third-order valence-electron chi connectivity index (χ3n) is 7.82. The summed E-state index contributed by atoms with van der Waals surface area (Å²) in [5, 5.41) is 13.6. The number of carbonyl (C=O) groups is 3. The van der Waals surface area contributed by atoms with E-state index in [0.717, 1.165) is 11.1 Å². The number of nitrogens with zero attached hydrogens (tertiary/aromatic N) is 1. The van der Waals surface area contributed by atoms with Gasteiger partial charge >= 0.3 is 18.2 Å². The Bertz CT molecular complexity index is 1450. The predicted octanol–water partition coefficient (Wildman–Crippen LogP) is 7.72. The summed E-state index contributed by atoms with van der Waals surface area (Å²) < 4.78 is 25.4. The second kappa shape index (κ2) is 15.3. The van der Waals surface area contributed by atoms with Crippen LogP contribution in [0.25, 0.3) is 11.1 Å². The second-order valence-electron chi connectivity index (χ2n) is 12.4. The normalized spacial score (nSPS) is 15.2. The Labute approximate surface area is 268 Å². The molecule has 4 rings (SSSR count). The molecule has 8 nitrogen and oxygen atoms in total. The van der Waals surface area contributed by atoms with Crippen molar-refractivity contribution >= 4 is 29.8 Å². The monoisotopic (exact) mass is 638 g/mol. The van der Waals surface area contributed by atoms with Crippen LogP contribution in [-0.4, -0.2) is 52.9 Å². The fourth-order valence-electron chi connectivity index (χ4n) is 5.59. The van der Waals surface area contributed by atoms with E-state index in [9.17, 15) is 23.9 Å². The Morgan fingerprint density at radius 3 is 2.29 bits per heavy atom. The number of nitrogens with one attached hydrogen (secondary N) is 1. The number of benzene rings is 3. The van der Waals surface area contributed by atoms with Crippen LogP contribution in [0, 0.1) is 17.7 Å². The molecule has 0 radical (unpaired) electrons. The number of alkyl carbamates (subject to hydrolysis) is 1. The zero-order valence-electron chi connectivity index (χ0n) is 25.8. The van der Waals surface area contributed by atoms with Crippen LogP contribution in [0.15, 0.2) is 72.8 Å². The Kier molecular flexibility index (Phi) is 11.4. The van der Waals surface area contributed by atoms with Gasteiger partial charge in [-0.2, -0.15) is 0 Å². The molecule has 2 amide bonds. The summed E-state index contributed by atoms with van der Waals surface area (Å²) in [6.45, 7) is 6.21. The first-order chi connectivity index (χ1) is 21.4. The van der Waals surface area contributed by atoms with Gasteiger partial charge in [-0.05, 0) is 87.3 Å². The van der Waals surface area contributed by atoms with E-state index in [4.69, 9.17) is 21.1 Å². The van der Waals surface area contributed by atoms with Crippen LogP contribution in [-0.2, 0) is 27.3 Å². The number of carboxylic acid groups (broad SMARTS) is 1. The van der Waals surface area contributed by atoms with E-state index in [1.807, 2.05) is 42.5 Å². The molecule has 1 saturated heterocycles. The van der Waals surface area contributed by atoms with Crippen LogP contribution in [0.4, 0.5) is 14.0 Å². The number of rotatable bonds is 10. The molecule has 2 N–H and O–H groups in total. The van der Waals surface area contributed by atoms with Gasteiger partial charge in [-0.25, -0.2) is 14.0 Å². The van der Waals surface area contributed by atoms with Crippen LogP contribution < -0.4 is 5.32 Å². The first-order valence-corrected chi connectivity index (χ1v) is 15.5. The van der Waals surface area contributed by atoms with Gasteiger partial charge in [0, 0.05) is 29.7 Å². The minimum Gasteiger partial charge on any atom is -0.481 e. The quantitative estimate of drug-likeness (QED) is 0.236. The van der Waals surface area contributed by atoms with E-state index in [-0.39, 0.29) is 18.9 Å². The summed E-state index contributed by atoms with van der Waals surface area (Å²) in [4.78, 5) is 39.6. The highest BCUT2D eigenvalue weighted by molar-refractivity contribution is 6.30. The number of likely N-dealkylation sites (tertiary alicyclic amines) is 1. The van der Waals surface area contributed by atoms with Crippen molar-refractivity contribution in [2.75, 3.05) is 13.1 Å². The average Bonchev–Trinajstić information content (AvgIpc) is 2.99. The standard InChI is InChI=1S/C35H40ClFN2O6/c1-35(2,3)45-33(42)38-28(19-23-9-11-25(12-10-23)29-20-27(36)13-14-31(29)37)21-30(32(40)41)26-15-17-39(18-16-26)34(43)44-22-24-7-5-4-6-8-24/h4-14,20,26,28,30H,15-19,21-22H2,1-3H3,(H,38,42)(H,40,41)/t28-,30?/m1/s1. The molecule has 1 heterocycles. The molecule has 1 unspecified atom stereocenters.